The van der Waals surface area contributed by atoms with Crippen molar-refractivity contribution in [1.29, 1.82) is 0 Å². The van der Waals surface area contributed by atoms with Gasteiger partial charge in [-0.1, -0.05) is 6.92 Å². The van der Waals surface area contributed by atoms with Gasteiger partial charge in [0.25, 0.3) is 0 Å². The third kappa shape index (κ3) is 3.76. The SMILES string of the molecule is CCc1nn(C)cc1CNC(=O)N[C@@H](C)C(=O)O. The Labute approximate surface area is 105 Å². The standard InChI is InChI=1S/C11H18N4O3/c1-4-9-8(6-15(3)14-9)5-12-11(18)13-7(2)10(16)17/h6-7H,4-5H2,1-3H3,(H,16,17)(H2,12,13,18)/t7-/m0/s1. The number of hydrogen-bond acceptors (Lipinski definition) is 3. The van der Waals surface area contributed by atoms with Crippen LogP contribution >= 0.6 is 0 Å². The molecular formula is C11H18N4O3. The first-order valence-corrected chi connectivity index (χ1v) is 5.72. The Morgan fingerprint density at radius 3 is 2.78 bits per heavy atom. The molecule has 0 radical (unpaired) electrons. The van der Waals surface area contributed by atoms with Crippen LogP contribution in [0.3, 0.4) is 0 Å². The van der Waals surface area contributed by atoms with Gasteiger partial charge in [-0.3, -0.25) is 9.48 Å². The van der Waals surface area contributed by atoms with E-state index in [0.29, 0.717) is 6.54 Å². The van der Waals surface area contributed by atoms with Crippen LogP contribution in [-0.2, 0) is 24.8 Å². The molecule has 0 fully saturated rings. The molecule has 0 unspecified atom stereocenters. The molecule has 0 bridgehead atoms. The quantitative estimate of drug-likeness (QED) is 0.702. The van der Waals surface area contributed by atoms with Crippen LogP contribution in [0.5, 0.6) is 0 Å². The summed E-state index contributed by atoms with van der Waals surface area (Å²) in [6, 6.07) is -1.42. The van der Waals surface area contributed by atoms with Crippen LogP contribution in [0.2, 0.25) is 0 Å². The monoisotopic (exact) mass is 254 g/mol. The van der Waals surface area contributed by atoms with Crippen LogP contribution in [0.15, 0.2) is 6.20 Å². The first-order chi connectivity index (χ1) is 8.43. The number of aryl methyl sites for hydroxylation is 2. The maximum atomic E-state index is 11.4. The number of nitrogens with one attached hydrogen (secondary N) is 2. The van der Waals surface area contributed by atoms with Gasteiger partial charge in [-0.05, 0) is 13.3 Å². The highest BCUT2D eigenvalue weighted by Crippen LogP contribution is 2.06. The molecule has 1 rings (SSSR count). The van der Waals surface area contributed by atoms with Crippen molar-refractivity contribution in [1.82, 2.24) is 20.4 Å². The Balaban J connectivity index is 2.49. The average molecular weight is 254 g/mol. The van der Waals surface area contributed by atoms with E-state index < -0.39 is 18.0 Å². The Morgan fingerprint density at radius 1 is 1.56 bits per heavy atom. The van der Waals surface area contributed by atoms with E-state index in [-0.39, 0.29) is 0 Å². The average Bonchev–Trinajstić information content (AvgIpc) is 2.66. The number of carbonyl (C=O) groups excluding carboxylic acids is 1. The topological polar surface area (TPSA) is 96.3 Å². The zero-order chi connectivity index (χ0) is 13.7. The first kappa shape index (κ1) is 14.0. The van der Waals surface area contributed by atoms with E-state index in [9.17, 15) is 9.59 Å². The zero-order valence-electron chi connectivity index (χ0n) is 10.7. The molecule has 18 heavy (non-hydrogen) atoms. The summed E-state index contributed by atoms with van der Waals surface area (Å²) in [4.78, 5) is 22.0. The van der Waals surface area contributed by atoms with Crippen LogP contribution in [-0.4, -0.2) is 32.9 Å². The van der Waals surface area contributed by atoms with E-state index >= 15 is 0 Å². The summed E-state index contributed by atoms with van der Waals surface area (Å²) in [5.74, 6) is -1.07. The third-order valence-electron chi connectivity index (χ3n) is 2.48. The number of urea groups is 1. The van der Waals surface area contributed by atoms with Crippen molar-refractivity contribution in [2.24, 2.45) is 7.05 Å². The molecule has 2 amide bonds. The van der Waals surface area contributed by atoms with Gasteiger partial charge in [0.05, 0.1) is 5.69 Å². The summed E-state index contributed by atoms with van der Waals surface area (Å²) in [5.41, 5.74) is 1.85. The van der Waals surface area contributed by atoms with E-state index in [1.807, 2.05) is 20.2 Å². The largest absolute Gasteiger partial charge is 0.480 e. The first-order valence-electron chi connectivity index (χ1n) is 5.72. The summed E-state index contributed by atoms with van der Waals surface area (Å²) >= 11 is 0. The fourth-order valence-electron chi connectivity index (χ4n) is 1.51. The number of rotatable bonds is 5. The minimum absolute atomic E-state index is 0.329. The highest BCUT2D eigenvalue weighted by molar-refractivity contribution is 5.82. The van der Waals surface area contributed by atoms with Crippen molar-refractivity contribution in [3.8, 4) is 0 Å². The van der Waals surface area contributed by atoms with Crippen molar-refractivity contribution in [2.75, 3.05) is 0 Å². The molecule has 0 saturated heterocycles. The smallest absolute Gasteiger partial charge is 0.325 e. The molecule has 1 aromatic heterocycles. The van der Waals surface area contributed by atoms with Gasteiger partial charge in [0.2, 0.25) is 0 Å². The van der Waals surface area contributed by atoms with Crippen molar-refractivity contribution in [3.05, 3.63) is 17.5 Å². The molecule has 1 heterocycles. The summed E-state index contributed by atoms with van der Waals surface area (Å²) in [6.07, 6.45) is 2.62. The normalized spacial score (nSPS) is 11.9. The lowest BCUT2D eigenvalue weighted by atomic mass is 10.2. The Kier molecular flexibility index (Phi) is 4.70. The summed E-state index contributed by atoms with van der Waals surface area (Å²) in [7, 11) is 1.81. The van der Waals surface area contributed by atoms with Gasteiger partial charge in [0.1, 0.15) is 6.04 Å². The fraction of sp³-hybridized carbons (Fsp3) is 0.545. The van der Waals surface area contributed by atoms with Crippen molar-refractivity contribution >= 4 is 12.0 Å². The van der Waals surface area contributed by atoms with Gasteiger partial charge in [-0.25, -0.2) is 4.79 Å². The van der Waals surface area contributed by atoms with Crippen LogP contribution in [0.25, 0.3) is 0 Å². The Morgan fingerprint density at radius 2 is 2.22 bits per heavy atom. The van der Waals surface area contributed by atoms with E-state index in [4.69, 9.17) is 5.11 Å². The molecule has 0 aliphatic heterocycles. The molecule has 7 heteroatoms. The molecule has 1 aromatic rings. The molecule has 0 saturated carbocycles. The lowest BCUT2D eigenvalue weighted by Gasteiger charge is -2.10. The predicted octanol–water partition coefficient (Wildman–Crippen LogP) is 0.255. The summed E-state index contributed by atoms with van der Waals surface area (Å²) < 4.78 is 1.69. The van der Waals surface area contributed by atoms with Crippen molar-refractivity contribution in [2.45, 2.75) is 32.9 Å². The van der Waals surface area contributed by atoms with Crippen molar-refractivity contribution < 1.29 is 14.7 Å². The van der Waals surface area contributed by atoms with E-state index in [2.05, 4.69) is 15.7 Å². The molecule has 100 valence electrons. The number of aliphatic carboxylic acids is 1. The number of carbonyl (C=O) groups is 2. The third-order valence-corrected chi connectivity index (χ3v) is 2.48. The number of nitrogens with zero attached hydrogens (tertiary/aromatic N) is 2. The molecule has 0 aliphatic carbocycles. The number of amides is 2. The highest BCUT2D eigenvalue weighted by atomic mass is 16.4. The second-order valence-electron chi connectivity index (χ2n) is 4.02. The summed E-state index contributed by atoms with van der Waals surface area (Å²) in [6.45, 7) is 3.72. The van der Waals surface area contributed by atoms with Gasteiger partial charge in [0.15, 0.2) is 0 Å². The molecule has 7 nitrogen and oxygen atoms in total. The lowest BCUT2D eigenvalue weighted by Crippen LogP contribution is -2.44. The molecule has 0 spiro atoms. The molecule has 0 aliphatic rings. The predicted molar refractivity (Wildman–Crippen MR) is 65.1 cm³/mol. The minimum Gasteiger partial charge on any atom is -0.480 e. The van der Waals surface area contributed by atoms with Gasteiger partial charge in [-0.2, -0.15) is 5.10 Å². The Hall–Kier alpha value is -2.05. The minimum atomic E-state index is -1.07. The van der Waals surface area contributed by atoms with Gasteiger partial charge >= 0.3 is 12.0 Å². The second-order valence-corrected chi connectivity index (χ2v) is 4.02. The van der Waals surface area contributed by atoms with E-state index in [1.165, 1.54) is 6.92 Å². The zero-order valence-corrected chi connectivity index (χ0v) is 10.7. The maximum absolute atomic E-state index is 11.4. The molecular weight excluding hydrogens is 236 g/mol. The van der Waals surface area contributed by atoms with Crippen LogP contribution in [0.4, 0.5) is 4.79 Å². The molecule has 0 aromatic carbocycles. The number of aromatic nitrogens is 2. The maximum Gasteiger partial charge on any atom is 0.325 e. The van der Waals surface area contributed by atoms with Crippen LogP contribution < -0.4 is 10.6 Å². The molecule has 3 N–H and O–H groups in total. The number of carboxylic acids is 1. The van der Waals surface area contributed by atoms with Gasteiger partial charge in [0, 0.05) is 25.4 Å². The van der Waals surface area contributed by atoms with Crippen LogP contribution in [0, 0.1) is 0 Å². The van der Waals surface area contributed by atoms with E-state index in [0.717, 1.165) is 17.7 Å². The van der Waals surface area contributed by atoms with E-state index in [1.54, 1.807) is 4.68 Å². The van der Waals surface area contributed by atoms with Gasteiger partial charge < -0.3 is 15.7 Å². The Bertz CT molecular complexity index is 441. The fourth-order valence-corrected chi connectivity index (χ4v) is 1.51. The second kappa shape index (κ2) is 6.04. The highest BCUT2D eigenvalue weighted by Gasteiger charge is 2.14. The number of carboxylic acid groups (broad SMARTS) is 1. The van der Waals surface area contributed by atoms with Gasteiger partial charge in [-0.15, -0.1) is 0 Å². The van der Waals surface area contributed by atoms with Crippen LogP contribution in [0.1, 0.15) is 25.1 Å². The molecule has 1 atom stereocenters. The lowest BCUT2D eigenvalue weighted by molar-refractivity contribution is -0.138. The van der Waals surface area contributed by atoms with Crippen molar-refractivity contribution in [3.63, 3.8) is 0 Å². The summed E-state index contributed by atoms with van der Waals surface area (Å²) in [5, 5.41) is 17.8. The number of hydrogen-bond donors (Lipinski definition) is 3.